The number of aromatic nitrogens is 1. The van der Waals surface area contributed by atoms with E-state index >= 15 is 0 Å². The minimum absolute atomic E-state index is 0.0278. The number of alkyl carbamates (subject to hydrolysis) is 1. The molecule has 1 heterocycles. The molecule has 24 heavy (non-hydrogen) atoms. The second-order valence-corrected chi connectivity index (χ2v) is 5.94. The number of benzene rings is 1. The molecule has 1 amide bonds. The molecule has 0 saturated carbocycles. The van der Waals surface area contributed by atoms with Gasteiger partial charge in [-0.1, -0.05) is 6.07 Å². The van der Waals surface area contributed by atoms with Crippen LogP contribution in [0.2, 0.25) is 0 Å². The molecule has 6 nitrogen and oxygen atoms in total. The Morgan fingerprint density at radius 3 is 2.62 bits per heavy atom. The molecule has 1 N–H and O–H groups in total. The third-order valence-electron chi connectivity index (χ3n) is 2.78. The van der Waals surface area contributed by atoms with Gasteiger partial charge in [0.15, 0.2) is 5.58 Å². The Balaban J connectivity index is 2.00. The van der Waals surface area contributed by atoms with E-state index < -0.39 is 23.4 Å². The van der Waals surface area contributed by atoms with Gasteiger partial charge in [-0.3, -0.25) is 0 Å². The van der Waals surface area contributed by atoms with Gasteiger partial charge in [-0.15, -0.1) is 0 Å². The number of hydrogen-bond acceptors (Lipinski definition) is 5. The average Bonchev–Trinajstić information content (AvgIpc) is 2.83. The summed E-state index contributed by atoms with van der Waals surface area (Å²) in [7, 11) is 0. The summed E-state index contributed by atoms with van der Waals surface area (Å²) in [6.07, 6.45) is -5.20. The van der Waals surface area contributed by atoms with Gasteiger partial charge in [0.2, 0.25) is 0 Å². The standard InChI is InChI=1S/C15H17F3N2O4/c1-14(2,3)23-13(21)19-7-8-22-12-11-9(15(16,17)18)5-4-6-10(11)24-20-12/h4-6H,7-8H2,1-3H3,(H,19,21). The summed E-state index contributed by atoms with van der Waals surface area (Å²) < 4.78 is 54.1. The van der Waals surface area contributed by atoms with Crippen molar-refractivity contribution < 1.29 is 32.0 Å². The van der Waals surface area contributed by atoms with Gasteiger partial charge in [0.05, 0.1) is 17.5 Å². The van der Waals surface area contributed by atoms with Gasteiger partial charge in [-0.05, 0) is 38.1 Å². The number of halogens is 3. The number of nitrogens with zero attached hydrogens (tertiary/aromatic N) is 1. The smallest absolute Gasteiger partial charge is 0.417 e. The Kier molecular flexibility index (Phi) is 4.91. The van der Waals surface area contributed by atoms with Gasteiger partial charge >= 0.3 is 12.3 Å². The van der Waals surface area contributed by atoms with Crippen molar-refractivity contribution >= 4 is 17.1 Å². The SMILES string of the molecule is CC(C)(C)OC(=O)NCCOc1noc2cccc(C(F)(F)F)c12. The number of carbonyl (C=O) groups excluding carboxylic acids is 1. The average molecular weight is 346 g/mol. The van der Waals surface area contributed by atoms with Crippen molar-refractivity contribution in [3.63, 3.8) is 0 Å². The number of hydrogen-bond donors (Lipinski definition) is 1. The predicted octanol–water partition coefficient (Wildman–Crippen LogP) is 3.75. The largest absolute Gasteiger partial charge is 0.473 e. The van der Waals surface area contributed by atoms with Gasteiger partial charge in [0, 0.05) is 0 Å². The third-order valence-corrected chi connectivity index (χ3v) is 2.78. The first-order valence-electron chi connectivity index (χ1n) is 7.13. The molecule has 2 aromatic rings. The molecule has 0 radical (unpaired) electrons. The van der Waals surface area contributed by atoms with Crippen LogP contribution in [0.5, 0.6) is 5.88 Å². The van der Waals surface area contributed by atoms with Crippen molar-refractivity contribution in [2.75, 3.05) is 13.2 Å². The van der Waals surface area contributed by atoms with E-state index in [2.05, 4.69) is 10.5 Å². The topological polar surface area (TPSA) is 73.6 Å². The van der Waals surface area contributed by atoms with Crippen molar-refractivity contribution in [2.45, 2.75) is 32.5 Å². The first-order valence-corrected chi connectivity index (χ1v) is 7.13. The lowest BCUT2D eigenvalue weighted by molar-refractivity contribution is -0.136. The van der Waals surface area contributed by atoms with E-state index in [1.54, 1.807) is 20.8 Å². The van der Waals surface area contributed by atoms with Crippen LogP contribution in [-0.4, -0.2) is 30.0 Å². The zero-order chi connectivity index (χ0) is 18.0. The number of amides is 1. The van der Waals surface area contributed by atoms with Crippen LogP contribution in [0.4, 0.5) is 18.0 Å². The van der Waals surface area contributed by atoms with Gasteiger partial charge < -0.3 is 19.3 Å². The van der Waals surface area contributed by atoms with Gasteiger partial charge in [0.25, 0.3) is 5.88 Å². The van der Waals surface area contributed by atoms with Crippen LogP contribution in [0.3, 0.4) is 0 Å². The van der Waals surface area contributed by atoms with Crippen molar-refractivity contribution in [2.24, 2.45) is 0 Å². The van der Waals surface area contributed by atoms with E-state index in [9.17, 15) is 18.0 Å². The lowest BCUT2D eigenvalue weighted by Gasteiger charge is -2.19. The lowest BCUT2D eigenvalue weighted by atomic mass is 10.1. The van der Waals surface area contributed by atoms with E-state index in [1.165, 1.54) is 12.1 Å². The summed E-state index contributed by atoms with van der Waals surface area (Å²) in [6.45, 7) is 5.08. The number of ether oxygens (including phenoxy) is 2. The van der Waals surface area contributed by atoms with Crippen LogP contribution in [0.25, 0.3) is 11.0 Å². The first kappa shape index (κ1) is 17.9. The highest BCUT2D eigenvalue weighted by molar-refractivity contribution is 5.86. The number of alkyl halides is 3. The Morgan fingerprint density at radius 2 is 2.00 bits per heavy atom. The van der Waals surface area contributed by atoms with Crippen molar-refractivity contribution in [3.8, 4) is 5.88 Å². The minimum Gasteiger partial charge on any atom is -0.473 e. The molecule has 1 aromatic heterocycles. The molecule has 0 unspecified atom stereocenters. The molecule has 9 heteroatoms. The van der Waals surface area contributed by atoms with Crippen LogP contribution >= 0.6 is 0 Å². The monoisotopic (exact) mass is 346 g/mol. The quantitative estimate of drug-likeness (QED) is 0.854. The Morgan fingerprint density at radius 1 is 1.29 bits per heavy atom. The summed E-state index contributed by atoms with van der Waals surface area (Å²) in [4.78, 5) is 11.4. The molecule has 0 saturated heterocycles. The maximum atomic E-state index is 13.0. The lowest BCUT2D eigenvalue weighted by Crippen LogP contribution is -2.34. The van der Waals surface area contributed by atoms with E-state index in [1.807, 2.05) is 0 Å². The molecule has 132 valence electrons. The van der Waals surface area contributed by atoms with Crippen molar-refractivity contribution in [1.29, 1.82) is 0 Å². The molecule has 1 aromatic carbocycles. The van der Waals surface area contributed by atoms with Crippen LogP contribution in [0, 0.1) is 0 Å². The maximum absolute atomic E-state index is 13.0. The molecule has 0 aliphatic heterocycles. The molecule has 0 spiro atoms. The molecular weight excluding hydrogens is 329 g/mol. The van der Waals surface area contributed by atoms with Gasteiger partial charge in [0.1, 0.15) is 12.2 Å². The second-order valence-electron chi connectivity index (χ2n) is 5.94. The summed E-state index contributed by atoms with van der Waals surface area (Å²) in [5.41, 5.74) is -1.56. The molecular formula is C15H17F3N2O4. The van der Waals surface area contributed by atoms with E-state index in [0.717, 1.165) is 6.07 Å². The summed E-state index contributed by atoms with van der Waals surface area (Å²) >= 11 is 0. The molecule has 0 aliphatic rings. The summed E-state index contributed by atoms with van der Waals surface area (Å²) in [5.74, 6) is -0.274. The summed E-state index contributed by atoms with van der Waals surface area (Å²) in [6, 6.07) is 3.51. The van der Waals surface area contributed by atoms with Gasteiger partial charge in [-0.2, -0.15) is 13.2 Å². The zero-order valence-electron chi connectivity index (χ0n) is 13.4. The Labute approximate surface area is 135 Å². The van der Waals surface area contributed by atoms with E-state index in [-0.39, 0.29) is 30.0 Å². The minimum atomic E-state index is -4.56. The van der Waals surface area contributed by atoms with Crippen molar-refractivity contribution in [1.82, 2.24) is 10.5 Å². The molecule has 0 bridgehead atoms. The Hall–Kier alpha value is -2.45. The van der Waals surface area contributed by atoms with Crippen LogP contribution in [0.1, 0.15) is 26.3 Å². The van der Waals surface area contributed by atoms with Gasteiger partial charge in [-0.25, -0.2) is 4.79 Å². The van der Waals surface area contributed by atoms with Crippen LogP contribution in [0.15, 0.2) is 22.7 Å². The second kappa shape index (κ2) is 6.58. The molecule has 2 rings (SSSR count). The Bertz CT molecular complexity index is 720. The normalized spacial score (nSPS) is 12.2. The molecule has 0 atom stereocenters. The third kappa shape index (κ3) is 4.53. The fraction of sp³-hybridized carbons (Fsp3) is 0.467. The predicted molar refractivity (Wildman–Crippen MR) is 78.7 cm³/mol. The molecule has 0 fully saturated rings. The first-order chi connectivity index (χ1) is 11.1. The number of fused-ring (bicyclic) bond motifs is 1. The highest BCUT2D eigenvalue weighted by atomic mass is 19.4. The van der Waals surface area contributed by atoms with Crippen LogP contribution in [-0.2, 0) is 10.9 Å². The molecule has 0 aliphatic carbocycles. The zero-order valence-corrected chi connectivity index (χ0v) is 13.4. The summed E-state index contributed by atoms with van der Waals surface area (Å²) in [5, 5.41) is 5.68. The van der Waals surface area contributed by atoms with Crippen molar-refractivity contribution in [3.05, 3.63) is 23.8 Å². The maximum Gasteiger partial charge on any atom is 0.417 e. The highest BCUT2D eigenvalue weighted by Crippen LogP contribution is 2.38. The van der Waals surface area contributed by atoms with Crippen LogP contribution < -0.4 is 10.1 Å². The fourth-order valence-electron chi connectivity index (χ4n) is 1.91. The fourth-order valence-corrected chi connectivity index (χ4v) is 1.91. The number of carbonyl (C=O) groups is 1. The van der Waals surface area contributed by atoms with E-state index in [0.29, 0.717) is 0 Å². The number of nitrogens with one attached hydrogen (secondary N) is 1. The number of rotatable bonds is 4. The highest BCUT2D eigenvalue weighted by Gasteiger charge is 2.35. The van der Waals surface area contributed by atoms with E-state index in [4.69, 9.17) is 14.0 Å².